The number of carbonyl (C=O) groups excluding carboxylic acids is 1. The molecule has 0 bridgehead atoms. The van der Waals surface area contributed by atoms with E-state index in [1.54, 1.807) is 14.0 Å². The first-order valence-electron chi connectivity index (χ1n) is 13.2. The number of pyridine rings is 1. The third-order valence-electron chi connectivity index (χ3n) is 7.03. The van der Waals surface area contributed by atoms with Crippen LogP contribution in [0.3, 0.4) is 0 Å². The minimum Gasteiger partial charge on any atom is -0.504 e. The van der Waals surface area contributed by atoms with Gasteiger partial charge < -0.3 is 29.9 Å². The Balaban J connectivity index is 1.33. The summed E-state index contributed by atoms with van der Waals surface area (Å²) in [5, 5.41) is 21.3. The molecule has 4 rings (SSSR count). The molecule has 1 aliphatic heterocycles. The highest BCUT2D eigenvalue weighted by Gasteiger charge is 2.23. The number of benzene rings is 1. The summed E-state index contributed by atoms with van der Waals surface area (Å²) >= 11 is 0. The van der Waals surface area contributed by atoms with Crippen molar-refractivity contribution in [1.82, 2.24) is 20.3 Å². The zero-order valence-corrected chi connectivity index (χ0v) is 23.0. The van der Waals surface area contributed by atoms with Gasteiger partial charge in [-0.25, -0.2) is 9.97 Å². The summed E-state index contributed by atoms with van der Waals surface area (Å²) in [6.07, 6.45) is 4.17. The Bertz CT molecular complexity index is 1310. The Hall–Kier alpha value is -4.09. The van der Waals surface area contributed by atoms with Crippen LogP contribution in [0.25, 0.3) is 11.3 Å². The predicted octanol–water partition coefficient (Wildman–Crippen LogP) is 3.51. The number of methoxy groups -OCH3 is 1. The van der Waals surface area contributed by atoms with Crippen LogP contribution in [0.1, 0.15) is 53.4 Å². The molecule has 1 unspecified atom stereocenters. The van der Waals surface area contributed by atoms with Crippen LogP contribution < -0.4 is 10.2 Å². The van der Waals surface area contributed by atoms with Gasteiger partial charge in [0.2, 0.25) is 0 Å². The lowest BCUT2D eigenvalue weighted by Crippen LogP contribution is -2.34. The number of hydrogen-bond donors (Lipinski definition) is 3. The van der Waals surface area contributed by atoms with E-state index in [0.717, 1.165) is 48.4 Å². The van der Waals surface area contributed by atoms with Crippen LogP contribution >= 0.6 is 0 Å². The van der Waals surface area contributed by atoms with Gasteiger partial charge in [-0.3, -0.25) is 14.6 Å². The maximum atomic E-state index is 12.3. The standard InChI is InChI=1S/C29H35N5O6/c1-18-28(37)27(29(38)31-16-26(35)36)33-25(32-18)14-20-10-12-34(13-11-20)23-7-4-21(5-8-23)24-9-6-22(15-30-24)19(2)40-17-39-3/h4-9,15,19-20,37H,10-14,16-17H2,1-3H3,(H,31,38)(H,35,36). The first kappa shape index (κ1) is 28.9. The molecule has 3 heterocycles. The number of aromatic nitrogens is 3. The number of anilines is 1. The van der Waals surface area contributed by atoms with Crippen molar-refractivity contribution in [2.75, 3.05) is 38.4 Å². The first-order valence-corrected chi connectivity index (χ1v) is 13.2. The molecule has 1 saturated heterocycles. The monoisotopic (exact) mass is 549 g/mol. The van der Waals surface area contributed by atoms with Crippen molar-refractivity contribution in [2.24, 2.45) is 5.92 Å². The van der Waals surface area contributed by atoms with Crippen molar-refractivity contribution in [1.29, 1.82) is 0 Å². The van der Waals surface area contributed by atoms with Crippen molar-refractivity contribution in [3.8, 4) is 17.0 Å². The van der Waals surface area contributed by atoms with E-state index in [9.17, 15) is 14.7 Å². The lowest BCUT2D eigenvalue weighted by molar-refractivity contribution is -0.135. The molecule has 40 heavy (non-hydrogen) atoms. The van der Waals surface area contributed by atoms with Crippen LogP contribution in [0, 0.1) is 12.8 Å². The van der Waals surface area contributed by atoms with E-state index in [-0.39, 0.29) is 24.3 Å². The molecule has 1 aliphatic rings. The Morgan fingerprint density at radius 2 is 1.85 bits per heavy atom. The van der Waals surface area contributed by atoms with Crippen molar-refractivity contribution >= 4 is 17.6 Å². The average Bonchev–Trinajstić information content (AvgIpc) is 2.97. The van der Waals surface area contributed by atoms with E-state index in [4.69, 9.17) is 14.6 Å². The van der Waals surface area contributed by atoms with Crippen LogP contribution in [-0.2, 0) is 20.7 Å². The average molecular weight is 550 g/mol. The van der Waals surface area contributed by atoms with Crippen LogP contribution in [-0.4, -0.2) is 70.6 Å². The molecule has 1 aromatic carbocycles. The number of amides is 1. The van der Waals surface area contributed by atoms with Gasteiger partial charge in [0.1, 0.15) is 19.2 Å². The Morgan fingerprint density at radius 1 is 1.12 bits per heavy atom. The lowest BCUT2D eigenvalue weighted by atomic mass is 9.92. The van der Waals surface area contributed by atoms with Crippen LogP contribution in [0.4, 0.5) is 5.69 Å². The zero-order chi connectivity index (χ0) is 28.6. The van der Waals surface area contributed by atoms with Crippen molar-refractivity contribution in [3.63, 3.8) is 0 Å². The summed E-state index contributed by atoms with van der Waals surface area (Å²) in [7, 11) is 1.60. The van der Waals surface area contributed by atoms with E-state index >= 15 is 0 Å². The fraction of sp³-hybridized carbons (Fsp3) is 0.414. The Kier molecular flexibility index (Phi) is 9.62. The number of nitrogens with zero attached hydrogens (tertiary/aromatic N) is 4. The van der Waals surface area contributed by atoms with Gasteiger partial charge in [-0.15, -0.1) is 0 Å². The van der Waals surface area contributed by atoms with Crippen LogP contribution in [0.15, 0.2) is 42.6 Å². The van der Waals surface area contributed by atoms with Crippen molar-refractivity contribution in [3.05, 3.63) is 65.4 Å². The topological polar surface area (TPSA) is 147 Å². The molecule has 11 nitrogen and oxygen atoms in total. The minimum absolute atomic E-state index is 0.0956. The third kappa shape index (κ3) is 7.30. The molecular formula is C29H35N5O6. The SMILES string of the molecule is COCOC(C)c1ccc(-c2ccc(N3CCC(Cc4nc(C)c(O)c(C(=O)NCC(=O)O)n4)CC3)cc2)nc1. The quantitative estimate of drug-likeness (QED) is 0.304. The van der Waals surface area contributed by atoms with Gasteiger partial charge >= 0.3 is 5.97 Å². The van der Waals surface area contributed by atoms with Gasteiger partial charge in [-0.1, -0.05) is 18.2 Å². The summed E-state index contributed by atoms with van der Waals surface area (Å²) in [4.78, 5) is 38.6. The predicted molar refractivity (Wildman–Crippen MR) is 148 cm³/mol. The molecule has 2 aromatic heterocycles. The number of carboxylic acids is 1. The van der Waals surface area contributed by atoms with Gasteiger partial charge in [-0.2, -0.15) is 0 Å². The van der Waals surface area contributed by atoms with E-state index in [2.05, 4.69) is 49.4 Å². The Labute approximate surface area is 233 Å². The number of ether oxygens (including phenoxy) is 2. The van der Waals surface area contributed by atoms with Gasteiger partial charge in [0.15, 0.2) is 11.4 Å². The second-order valence-corrected chi connectivity index (χ2v) is 9.87. The van der Waals surface area contributed by atoms with E-state index in [0.29, 0.717) is 23.9 Å². The number of carboxylic acid groups (broad SMARTS) is 1. The number of aromatic hydroxyl groups is 1. The highest BCUT2D eigenvalue weighted by atomic mass is 16.7. The van der Waals surface area contributed by atoms with E-state index in [1.807, 2.05) is 25.3 Å². The molecule has 212 valence electrons. The lowest BCUT2D eigenvalue weighted by Gasteiger charge is -2.33. The molecular weight excluding hydrogens is 514 g/mol. The van der Waals surface area contributed by atoms with Crippen LogP contribution in [0.2, 0.25) is 0 Å². The van der Waals surface area contributed by atoms with Gasteiger partial charge in [0.25, 0.3) is 5.91 Å². The molecule has 1 atom stereocenters. The summed E-state index contributed by atoms with van der Waals surface area (Å²) in [6.45, 7) is 5.00. The number of hydrogen-bond acceptors (Lipinski definition) is 9. The number of rotatable bonds is 11. The smallest absolute Gasteiger partial charge is 0.322 e. The summed E-state index contributed by atoms with van der Waals surface area (Å²) < 4.78 is 10.5. The van der Waals surface area contributed by atoms with E-state index < -0.39 is 18.4 Å². The van der Waals surface area contributed by atoms with Gasteiger partial charge in [0, 0.05) is 44.1 Å². The normalized spacial score (nSPS) is 14.6. The maximum absolute atomic E-state index is 12.3. The molecule has 1 fully saturated rings. The number of aliphatic carboxylic acids is 1. The number of carbonyl (C=O) groups is 2. The molecule has 3 N–H and O–H groups in total. The number of aryl methyl sites for hydroxylation is 1. The molecule has 11 heteroatoms. The fourth-order valence-corrected chi connectivity index (χ4v) is 4.69. The molecule has 1 amide bonds. The minimum atomic E-state index is -1.18. The second-order valence-electron chi connectivity index (χ2n) is 9.87. The van der Waals surface area contributed by atoms with Gasteiger partial charge in [-0.05, 0) is 56.4 Å². The highest BCUT2D eigenvalue weighted by Crippen LogP contribution is 2.28. The first-order chi connectivity index (χ1) is 19.2. The highest BCUT2D eigenvalue weighted by molar-refractivity contribution is 5.96. The summed E-state index contributed by atoms with van der Waals surface area (Å²) in [5.74, 6) is -1.45. The third-order valence-corrected chi connectivity index (χ3v) is 7.03. The zero-order valence-electron chi connectivity index (χ0n) is 23.0. The Morgan fingerprint density at radius 3 is 2.48 bits per heavy atom. The van der Waals surface area contributed by atoms with Gasteiger partial charge in [0.05, 0.1) is 17.5 Å². The molecule has 0 saturated carbocycles. The number of nitrogens with one attached hydrogen (secondary N) is 1. The fourth-order valence-electron chi connectivity index (χ4n) is 4.69. The summed E-state index contributed by atoms with van der Waals surface area (Å²) in [5.41, 5.74) is 4.17. The summed E-state index contributed by atoms with van der Waals surface area (Å²) in [6, 6.07) is 12.4. The molecule has 0 spiro atoms. The molecule has 0 radical (unpaired) electrons. The number of piperidine rings is 1. The van der Waals surface area contributed by atoms with Crippen LogP contribution in [0.5, 0.6) is 5.75 Å². The second kappa shape index (κ2) is 13.3. The maximum Gasteiger partial charge on any atom is 0.322 e. The van der Waals surface area contributed by atoms with Crippen molar-refractivity contribution in [2.45, 2.75) is 39.2 Å². The molecule has 0 aliphatic carbocycles. The van der Waals surface area contributed by atoms with E-state index in [1.165, 1.54) is 0 Å². The largest absolute Gasteiger partial charge is 0.504 e. The van der Waals surface area contributed by atoms with Crippen molar-refractivity contribution < 1.29 is 29.3 Å². The molecule has 3 aromatic rings.